The van der Waals surface area contributed by atoms with Crippen molar-refractivity contribution < 1.29 is 9.34 Å². The Morgan fingerprint density at radius 1 is 1.12 bits per heavy atom. The molecule has 0 spiro atoms. The van der Waals surface area contributed by atoms with E-state index in [1.807, 2.05) is 60.5 Å². The fourth-order valence-electron chi connectivity index (χ4n) is 3.16. The lowest BCUT2D eigenvalue weighted by molar-refractivity contribution is -0.384. The highest BCUT2D eigenvalue weighted by Gasteiger charge is 2.32. The summed E-state index contributed by atoms with van der Waals surface area (Å²) in [6.07, 6.45) is 0.666. The van der Waals surface area contributed by atoms with Crippen molar-refractivity contribution in [1.29, 1.82) is 0 Å². The maximum Gasteiger partial charge on any atom is 0.271 e. The topological polar surface area (TPSA) is 71.9 Å². The molecule has 2 heterocycles. The summed E-state index contributed by atoms with van der Waals surface area (Å²) in [7, 11) is 0. The predicted molar refractivity (Wildman–Crippen MR) is 99.4 cm³/mol. The zero-order valence-electron chi connectivity index (χ0n) is 14.2. The molecule has 6 nitrogen and oxygen atoms in total. The number of anilines is 1. The number of hydrogen-bond acceptors (Lipinski definition) is 5. The molecule has 0 amide bonds. The summed E-state index contributed by atoms with van der Waals surface area (Å²) in [5.41, 5.74) is 2.68. The molecule has 4 rings (SSSR count). The Morgan fingerprint density at radius 2 is 1.92 bits per heavy atom. The molecule has 3 aromatic rings. The van der Waals surface area contributed by atoms with Crippen LogP contribution in [0.15, 0.2) is 76.2 Å². The summed E-state index contributed by atoms with van der Waals surface area (Å²) in [6, 6.07) is 20.2. The molecule has 2 aromatic carbocycles. The molecule has 0 saturated carbocycles. The van der Waals surface area contributed by atoms with Crippen molar-refractivity contribution in [1.82, 2.24) is 0 Å². The Bertz CT molecular complexity index is 979. The summed E-state index contributed by atoms with van der Waals surface area (Å²) in [5.74, 6) is 1.62. The van der Waals surface area contributed by atoms with Gasteiger partial charge in [0.15, 0.2) is 0 Å². The summed E-state index contributed by atoms with van der Waals surface area (Å²) in [6.45, 7) is 1.90. The lowest BCUT2D eigenvalue weighted by atomic mass is 10.0. The van der Waals surface area contributed by atoms with E-state index in [9.17, 15) is 10.1 Å². The molecule has 1 unspecified atom stereocenters. The van der Waals surface area contributed by atoms with E-state index in [-0.39, 0.29) is 11.7 Å². The summed E-state index contributed by atoms with van der Waals surface area (Å²) >= 11 is 0. The minimum atomic E-state index is -0.395. The monoisotopic (exact) mass is 347 g/mol. The van der Waals surface area contributed by atoms with Gasteiger partial charge in [0.25, 0.3) is 5.69 Å². The highest BCUT2D eigenvalue weighted by molar-refractivity contribution is 6.03. The van der Waals surface area contributed by atoms with Crippen LogP contribution in [0.4, 0.5) is 11.4 Å². The van der Waals surface area contributed by atoms with Crippen LogP contribution in [-0.4, -0.2) is 10.6 Å². The van der Waals surface area contributed by atoms with Gasteiger partial charge in [-0.1, -0.05) is 36.4 Å². The Hall–Kier alpha value is -3.41. The summed E-state index contributed by atoms with van der Waals surface area (Å²) < 4.78 is 5.83. The lowest BCUT2D eigenvalue weighted by Crippen LogP contribution is -2.18. The number of furan rings is 1. The van der Waals surface area contributed by atoms with Crippen molar-refractivity contribution in [2.24, 2.45) is 5.10 Å². The third kappa shape index (κ3) is 2.97. The minimum absolute atomic E-state index is 0.0419. The van der Waals surface area contributed by atoms with Crippen molar-refractivity contribution in [3.8, 4) is 0 Å². The highest BCUT2D eigenvalue weighted by Crippen LogP contribution is 2.38. The van der Waals surface area contributed by atoms with Crippen LogP contribution in [0.1, 0.15) is 29.5 Å². The molecule has 0 bridgehead atoms. The zero-order chi connectivity index (χ0) is 18.1. The van der Waals surface area contributed by atoms with Crippen LogP contribution < -0.4 is 5.01 Å². The second kappa shape index (κ2) is 6.48. The largest absolute Gasteiger partial charge is 0.464 e. The van der Waals surface area contributed by atoms with E-state index in [0.717, 1.165) is 22.8 Å². The Balaban J connectivity index is 1.77. The molecule has 130 valence electrons. The normalized spacial score (nSPS) is 16.6. The fraction of sp³-hybridized carbons (Fsp3) is 0.150. The number of nitro benzene ring substituents is 1. The maximum absolute atomic E-state index is 11.1. The maximum atomic E-state index is 11.1. The number of nitro groups is 1. The third-order valence-electron chi connectivity index (χ3n) is 4.41. The smallest absolute Gasteiger partial charge is 0.271 e. The third-order valence-corrected chi connectivity index (χ3v) is 4.41. The van der Waals surface area contributed by atoms with E-state index in [1.165, 1.54) is 6.07 Å². The number of non-ortho nitro benzene ring substituents is 1. The van der Waals surface area contributed by atoms with E-state index < -0.39 is 4.92 Å². The SMILES string of the molecule is Cc1ccc(C2CC(c3ccccc3)=NN2c2cccc([N+](=O)[O-])c2)o1. The zero-order valence-corrected chi connectivity index (χ0v) is 14.2. The highest BCUT2D eigenvalue weighted by atomic mass is 16.6. The molecule has 1 aliphatic rings. The minimum Gasteiger partial charge on any atom is -0.464 e. The first kappa shape index (κ1) is 16.1. The molecular weight excluding hydrogens is 330 g/mol. The second-order valence-corrected chi connectivity index (χ2v) is 6.20. The van der Waals surface area contributed by atoms with Crippen LogP contribution in [0, 0.1) is 17.0 Å². The molecule has 6 heteroatoms. The van der Waals surface area contributed by atoms with Gasteiger partial charge in [0.05, 0.1) is 16.3 Å². The number of hydrazone groups is 1. The number of benzene rings is 2. The number of hydrogen-bond donors (Lipinski definition) is 0. The molecule has 0 aliphatic carbocycles. The summed E-state index contributed by atoms with van der Waals surface area (Å²) in [4.78, 5) is 10.7. The first-order valence-electron chi connectivity index (χ1n) is 8.35. The standard InChI is InChI=1S/C20H17N3O3/c1-14-10-11-20(26-14)19-13-18(15-6-3-2-4-7-15)21-22(19)16-8-5-9-17(12-16)23(24)25/h2-12,19H,13H2,1H3. The van der Waals surface area contributed by atoms with Crippen molar-refractivity contribution in [2.45, 2.75) is 19.4 Å². The van der Waals surface area contributed by atoms with Crippen LogP contribution >= 0.6 is 0 Å². The molecule has 1 aromatic heterocycles. The molecule has 1 atom stereocenters. The van der Waals surface area contributed by atoms with Gasteiger partial charge in [0.1, 0.15) is 17.6 Å². The van der Waals surface area contributed by atoms with Gasteiger partial charge in [0.2, 0.25) is 0 Å². The fourth-order valence-corrected chi connectivity index (χ4v) is 3.16. The van der Waals surface area contributed by atoms with Crippen LogP contribution in [0.3, 0.4) is 0 Å². The number of aryl methyl sites for hydroxylation is 1. The quantitative estimate of drug-likeness (QED) is 0.499. The van der Waals surface area contributed by atoms with E-state index in [4.69, 9.17) is 9.52 Å². The number of rotatable bonds is 4. The van der Waals surface area contributed by atoms with Gasteiger partial charge < -0.3 is 4.42 Å². The molecule has 0 N–H and O–H groups in total. The van der Waals surface area contributed by atoms with E-state index in [1.54, 1.807) is 12.1 Å². The average Bonchev–Trinajstić information content (AvgIpc) is 3.29. The Morgan fingerprint density at radius 3 is 2.62 bits per heavy atom. The second-order valence-electron chi connectivity index (χ2n) is 6.20. The Kier molecular flexibility index (Phi) is 4.01. The van der Waals surface area contributed by atoms with Gasteiger partial charge in [0, 0.05) is 18.6 Å². The molecule has 0 saturated heterocycles. The van der Waals surface area contributed by atoms with Gasteiger partial charge in [-0.05, 0) is 30.7 Å². The lowest BCUT2D eigenvalue weighted by Gasteiger charge is -2.21. The Labute approximate surface area is 150 Å². The van der Waals surface area contributed by atoms with E-state index in [0.29, 0.717) is 12.1 Å². The molecule has 0 radical (unpaired) electrons. The van der Waals surface area contributed by atoms with Gasteiger partial charge in [-0.25, -0.2) is 0 Å². The van der Waals surface area contributed by atoms with Crippen LogP contribution in [0.25, 0.3) is 0 Å². The van der Waals surface area contributed by atoms with Crippen molar-refractivity contribution >= 4 is 17.1 Å². The van der Waals surface area contributed by atoms with Gasteiger partial charge in [-0.15, -0.1) is 0 Å². The van der Waals surface area contributed by atoms with Crippen LogP contribution in [-0.2, 0) is 0 Å². The predicted octanol–water partition coefficient (Wildman–Crippen LogP) is 4.85. The molecule has 26 heavy (non-hydrogen) atoms. The van der Waals surface area contributed by atoms with Gasteiger partial charge in [-0.3, -0.25) is 15.1 Å². The average molecular weight is 347 g/mol. The van der Waals surface area contributed by atoms with Crippen molar-refractivity contribution in [3.05, 3.63) is 93.9 Å². The molecule has 1 aliphatic heterocycles. The van der Waals surface area contributed by atoms with Crippen LogP contribution in [0.2, 0.25) is 0 Å². The van der Waals surface area contributed by atoms with Crippen molar-refractivity contribution in [3.63, 3.8) is 0 Å². The van der Waals surface area contributed by atoms with E-state index in [2.05, 4.69) is 0 Å². The van der Waals surface area contributed by atoms with Crippen molar-refractivity contribution in [2.75, 3.05) is 5.01 Å². The summed E-state index contributed by atoms with van der Waals surface area (Å²) in [5, 5.41) is 17.7. The molecular formula is C20H17N3O3. The van der Waals surface area contributed by atoms with Gasteiger partial charge in [-0.2, -0.15) is 5.10 Å². The first-order chi connectivity index (χ1) is 12.6. The molecule has 0 fully saturated rings. The van der Waals surface area contributed by atoms with E-state index >= 15 is 0 Å². The van der Waals surface area contributed by atoms with Gasteiger partial charge >= 0.3 is 0 Å². The number of nitrogens with zero attached hydrogens (tertiary/aromatic N) is 3. The first-order valence-corrected chi connectivity index (χ1v) is 8.35. The van der Waals surface area contributed by atoms with Crippen LogP contribution in [0.5, 0.6) is 0 Å².